The van der Waals surface area contributed by atoms with Crippen LogP contribution >= 0.6 is 0 Å². The van der Waals surface area contributed by atoms with Gasteiger partial charge >= 0.3 is 0 Å². The molecule has 36 heavy (non-hydrogen) atoms. The average Bonchev–Trinajstić information content (AvgIpc) is 3.51. The molecular weight excluding hydrogens is 440 g/mol. The molecule has 2 saturated carbocycles. The van der Waals surface area contributed by atoms with Crippen molar-refractivity contribution in [3.8, 4) is 0 Å². The van der Waals surface area contributed by atoms with Crippen molar-refractivity contribution in [2.75, 3.05) is 0 Å². The lowest BCUT2D eigenvalue weighted by atomic mass is 9.82. The van der Waals surface area contributed by atoms with Gasteiger partial charge < -0.3 is 9.47 Å². The highest BCUT2D eigenvalue weighted by Crippen LogP contribution is 2.65. The molecule has 4 atom stereocenters. The van der Waals surface area contributed by atoms with Crippen LogP contribution < -0.4 is 0 Å². The zero-order chi connectivity index (χ0) is 24.2. The van der Waals surface area contributed by atoms with Gasteiger partial charge in [0.05, 0.1) is 13.2 Å². The molecule has 0 radical (unpaired) electrons. The number of benzene rings is 4. The molecule has 0 amide bonds. The lowest BCUT2D eigenvalue weighted by Crippen LogP contribution is -2.45. The van der Waals surface area contributed by atoms with E-state index >= 15 is 0 Å². The van der Waals surface area contributed by atoms with E-state index in [2.05, 4.69) is 121 Å². The maximum atomic E-state index is 7.15. The van der Waals surface area contributed by atoms with E-state index in [-0.39, 0.29) is 11.8 Å². The highest BCUT2D eigenvalue weighted by molar-refractivity contribution is 5.35. The minimum absolute atomic E-state index is 0.170. The van der Waals surface area contributed by atoms with E-state index in [9.17, 15) is 0 Å². The van der Waals surface area contributed by atoms with Crippen molar-refractivity contribution in [1.82, 2.24) is 0 Å². The van der Waals surface area contributed by atoms with E-state index < -0.39 is 5.79 Å². The largest absolute Gasteiger partial charge is 0.344 e. The number of ether oxygens (including phenoxy) is 2. The van der Waals surface area contributed by atoms with Crippen molar-refractivity contribution >= 4 is 0 Å². The first-order valence-electron chi connectivity index (χ1n) is 13.3. The highest BCUT2D eigenvalue weighted by Gasteiger charge is 2.64. The number of rotatable bonds is 8. The van der Waals surface area contributed by atoms with Crippen LogP contribution in [0.3, 0.4) is 0 Å². The lowest BCUT2D eigenvalue weighted by molar-refractivity contribution is -0.268. The molecule has 2 aliphatic rings. The molecule has 182 valence electrons. The van der Waals surface area contributed by atoms with Crippen LogP contribution in [0, 0.1) is 11.8 Å². The summed E-state index contributed by atoms with van der Waals surface area (Å²) in [6.07, 6.45) is 3.72. The first kappa shape index (κ1) is 23.2. The van der Waals surface area contributed by atoms with Gasteiger partial charge in [0.1, 0.15) is 0 Å². The summed E-state index contributed by atoms with van der Waals surface area (Å²) in [6.45, 7) is 1.06. The molecule has 0 aliphatic heterocycles. The smallest absolute Gasteiger partial charge is 0.183 e. The molecule has 0 spiro atoms. The zero-order valence-corrected chi connectivity index (χ0v) is 20.7. The normalized spacial score (nSPS) is 24.4. The zero-order valence-electron chi connectivity index (χ0n) is 20.7. The summed E-state index contributed by atoms with van der Waals surface area (Å²) in [5, 5.41) is 0. The third-order valence-electron chi connectivity index (χ3n) is 8.28. The van der Waals surface area contributed by atoms with Crippen LogP contribution in [-0.2, 0) is 22.7 Å². The van der Waals surface area contributed by atoms with Crippen LogP contribution in [0.2, 0.25) is 0 Å². The van der Waals surface area contributed by atoms with Gasteiger partial charge in [-0.25, -0.2) is 0 Å². The maximum absolute atomic E-state index is 7.15. The number of hydrogen-bond donors (Lipinski definition) is 0. The predicted octanol–water partition coefficient (Wildman–Crippen LogP) is 8.11. The fourth-order valence-electron chi connectivity index (χ4n) is 6.86. The van der Waals surface area contributed by atoms with Gasteiger partial charge in [-0.15, -0.1) is 0 Å². The van der Waals surface area contributed by atoms with Crippen molar-refractivity contribution in [3.63, 3.8) is 0 Å². The Morgan fingerprint density at radius 1 is 0.500 bits per heavy atom. The summed E-state index contributed by atoms with van der Waals surface area (Å²) in [4.78, 5) is 0. The molecule has 4 aromatic carbocycles. The van der Waals surface area contributed by atoms with Gasteiger partial charge in [0.2, 0.25) is 0 Å². The molecule has 0 saturated heterocycles. The summed E-state index contributed by atoms with van der Waals surface area (Å²) >= 11 is 0. The second-order valence-corrected chi connectivity index (χ2v) is 10.3. The maximum Gasteiger partial charge on any atom is 0.183 e. The summed E-state index contributed by atoms with van der Waals surface area (Å²) in [7, 11) is 0. The van der Waals surface area contributed by atoms with E-state index in [1.54, 1.807) is 0 Å². The second kappa shape index (κ2) is 10.4. The fourth-order valence-corrected chi connectivity index (χ4v) is 6.86. The summed E-state index contributed by atoms with van der Waals surface area (Å²) in [5.41, 5.74) is 5.01. The first-order valence-corrected chi connectivity index (χ1v) is 13.3. The third-order valence-corrected chi connectivity index (χ3v) is 8.28. The van der Waals surface area contributed by atoms with E-state index in [4.69, 9.17) is 9.47 Å². The SMILES string of the molecule is c1ccc(COC2(OCc3ccccc3)C(c3ccccc3)[C@H]3CCC[C@H]3C2c2ccccc2)cc1. The van der Waals surface area contributed by atoms with Gasteiger partial charge in [0, 0.05) is 11.8 Å². The molecule has 4 aromatic rings. The summed E-state index contributed by atoms with van der Waals surface area (Å²) in [6, 6.07) is 43.0. The molecule has 2 unspecified atom stereocenters. The van der Waals surface area contributed by atoms with E-state index in [1.165, 1.54) is 41.5 Å². The Hall–Kier alpha value is -3.20. The third kappa shape index (κ3) is 4.40. The van der Waals surface area contributed by atoms with Crippen molar-refractivity contribution in [3.05, 3.63) is 144 Å². The Morgan fingerprint density at radius 3 is 1.25 bits per heavy atom. The van der Waals surface area contributed by atoms with Gasteiger partial charge in [-0.3, -0.25) is 0 Å². The molecule has 0 bridgehead atoms. The van der Waals surface area contributed by atoms with Crippen LogP contribution in [0.4, 0.5) is 0 Å². The molecule has 0 aromatic heterocycles. The van der Waals surface area contributed by atoms with Crippen LogP contribution in [0.25, 0.3) is 0 Å². The molecule has 2 nitrogen and oxygen atoms in total. The Bertz CT molecular complexity index is 1120. The summed E-state index contributed by atoms with van der Waals surface area (Å²) in [5.74, 6) is 0.644. The molecule has 2 fully saturated rings. The molecule has 0 heterocycles. The predicted molar refractivity (Wildman–Crippen MR) is 144 cm³/mol. The van der Waals surface area contributed by atoms with E-state index in [0.29, 0.717) is 25.0 Å². The Balaban J connectivity index is 1.49. The molecule has 6 rings (SSSR count). The van der Waals surface area contributed by atoms with Gasteiger partial charge in [-0.05, 0) is 46.9 Å². The number of fused-ring (bicyclic) bond motifs is 1. The molecule has 0 N–H and O–H groups in total. The minimum atomic E-state index is -0.760. The minimum Gasteiger partial charge on any atom is -0.344 e. The average molecular weight is 475 g/mol. The van der Waals surface area contributed by atoms with Gasteiger partial charge in [-0.1, -0.05) is 128 Å². The Morgan fingerprint density at radius 2 is 0.861 bits per heavy atom. The standard InChI is InChI=1S/C34H34O2/c1-5-14-26(15-6-1)24-35-34(36-25-27-16-7-2-8-17-27)32(28-18-9-3-10-19-28)30-22-13-23-31(30)33(34)29-20-11-4-12-21-29/h1-12,14-21,30-33H,13,22-25H2/t30-,31+,32?,33?. The van der Waals surface area contributed by atoms with Crippen molar-refractivity contribution in [2.24, 2.45) is 11.8 Å². The van der Waals surface area contributed by atoms with Crippen LogP contribution in [0.1, 0.15) is 53.4 Å². The van der Waals surface area contributed by atoms with Crippen molar-refractivity contribution < 1.29 is 9.47 Å². The number of hydrogen-bond acceptors (Lipinski definition) is 2. The molecular formula is C34H34O2. The Labute approximate surface area is 214 Å². The topological polar surface area (TPSA) is 18.5 Å². The monoisotopic (exact) mass is 474 g/mol. The van der Waals surface area contributed by atoms with E-state index in [0.717, 1.165) is 0 Å². The van der Waals surface area contributed by atoms with Crippen LogP contribution in [-0.4, -0.2) is 5.79 Å². The lowest BCUT2D eigenvalue weighted by Gasteiger charge is -2.42. The van der Waals surface area contributed by atoms with Crippen molar-refractivity contribution in [2.45, 2.75) is 50.1 Å². The molecule has 2 heteroatoms. The van der Waals surface area contributed by atoms with Crippen LogP contribution in [0.5, 0.6) is 0 Å². The highest BCUT2D eigenvalue weighted by atomic mass is 16.7. The van der Waals surface area contributed by atoms with Gasteiger partial charge in [0.15, 0.2) is 5.79 Å². The second-order valence-electron chi connectivity index (χ2n) is 10.3. The Kier molecular flexibility index (Phi) is 6.72. The molecule has 2 aliphatic carbocycles. The fraction of sp³-hybridized carbons (Fsp3) is 0.294. The quantitative estimate of drug-likeness (QED) is 0.240. The van der Waals surface area contributed by atoms with Crippen LogP contribution in [0.15, 0.2) is 121 Å². The van der Waals surface area contributed by atoms with E-state index in [1.807, 2.05) is 0 Å². The van der Waals surface area contributed by atoms with Crippen molar-refractivity contribution in [1.29, 1.82) is 0 Å². The van der Waals surface area contributed by atoms with Gasteiger partial charge in [-0.2, -0.15) is 0 Å². The van der Waals surface area contributed by atoms with Gasteiger partial charge in [0.25, 0.3) is 0 Å². The first-order chi connectivity index (χ1) is 17.9. The summed E-state index contributed by atoms with van der Waals surface area (Å²) < 4.78 is 14.3.